The Kier molecular flexibility index (Phi) is 7.77. The van der Waals surface area contributed by atoms with Crippen molar-refractivity contribution >= 4 is 32.6 Å². The molecule has 0 spiro atoms. The second kappa shape index (κ2) is 13.4. The van der Waals surface area contributed by atoms with Crippen LogP contribution in [0.3, 0.4) is 0 Å². The summed E-state index contributed by atoms with van der Waals surface area (Å²) >= 11 is 0. The van der Waals surface area contributed by atoms with Gasteiger partial charge in [0.1, 0.15) is 0 Å². The Morgan fingerprint density at radius 1 is 0.296 bits per heavy atom. The van der Waals surface area contributed by atoms with Crippen molar-refractivity contribution in [2.45, 2.75) is 0 Å². The van der Waals surface area contributed by atoms with Crippen LogP contribution >= 0.6 is 0 Å². The molecule has 54 heavy (non-hydrogen) atoms. The molecule has 0 atom stereocenters. The Morgan fingerprint density at radius 2 is 0.815 bits per heavy atom. The number of aromatic nitrogens is 4. The van der Waals surface area contributed by atoms with Gasteiger partial charge in [-0.1, -0.05) is 170 Å². The normalized spacial score (nSPS) is 11.3. The van der Waals surface area contributed by atoms with E-state index in [9.17, 15) is 0 Å². The minimum atomic E-state index is 0.701. The van der Waals surface area contributed by atoms with Gasteiger partial charge in [0.25, 0.3) is 0 Å². The summed E-state index contributed by atoms with van der Waals surface area (Å²) in [5, 5.41) is 4.50. The van der Waals surface area contributed by atoms with Crippen LogP contribution in [0.25, 0.3) is 100.0 Å². The molecule has 10 rings (SSSR count). The van der Waals surface area contributed by atoms with Crippen molar-refractivity contribution in [1.29, 1.82) is 0 Å². The van der Waals surface area contributed by atoms with Crippen molar-refractivity contribution in [2.24, 2.45) is 0 Å². The van der Waals surface area contributed by atoms with Crippen molar-refractivity contribution in [3.8, 4) is 67.4 Å². The van der Waals surface area contributed by atoms with E-state index in [0.717, 1.165) is 72.1 Å². The van der Waals surface area contributed by atoms with Crippen LogP contribution in [0, 0.1) is 0 Å². The van der Waals surface area contributed by atoms with Gasteiger partial charge in [0.05, 0.1) is 28.1 Å². The molecule has 0 aliphatic rings. The van der Waals surface area contributed by atoms with Gasteiger partial charge in [-0.05, 0) is 51.2 Å². The Balaban J connectivity index is 1.03. The van der Waals surface area contributed by atoms with Gasteiger partial charge in [-0.25, -0.2) is 15.0 Å². The van der Waals surface area contributed by atoms with Crippen molar-refractivity contribution < 1.29 is 0 Å². The molecule has 252 valence electrons. The third-order valence-electron chi connectivity index (χ3n) is 10.2. The van der Waals surface area contributed by atoms with Crippen molar-refractivity contribution in [2.75, 3.05) is 0 Å². The molecule has 0 aliphatic heterocycles. The lowest BCUT2D eigenvalue weighted by atomic mass is 9.93. The number of pyridine rings is 2. The Hall–Kier alpha value is -7.30. The average molecular weight is 689 g/mol. The third kappa shape index (κ3) is 5.76. The summed E-state index contributed by atoms with van der Waals surface area (Å²) in [6, 6.07) is 65.6. The fraction of sp³-hybridized carbons (Fsp3) is 0. The molecule has 0 N–H and O–H groups in total. The van der Waals surface area contributed by atoms with Gasteiger partial charge in [0.15, 0.2) is 5.82 Å². The molecular weight excluding hydrogens is 657 g/mol. The molecule has 0 aliphatic carbocycles. The van der Waals surface area contributed by atoms with Crippen LogP contribution in [0.1, 0.15) is 0 Å². The molecule has 3 aromatic heterocycles. The molecule has 0 bridgehead atoms. The van der Waals surface area contributed by atoms with E-state index in [4.69, 9.17) is 15.0 Å². The number of rotatable bonds is 6. The summed E-state index contributed by atoms with van der Waals surface area (Å²) in [6.45, 7) is 0. The largest absolute Gasteiger partial charge is 0.254 e. The average Bonchev–Trinajstić information content (AvgIpc) is 3.26. The van der Waals surface area contributed by atoms with Gasteiger partial charge in [-0.2, -0.15) is 0 Å². The maximum atomic E-state index is 5.17. The van der Waals surface area contributed by atoms with Gasteiger partial charge in [0, 0.05) is 39.2 Å². The van der Waals surface area contributed by atoms with E-state index in [1.165, 1.54) is 22.1 Å². The van der Waals surface area contributed by atoms with Gasteiger partial charge >= 0.3 is 0 Å². The Labute approximate surface area is 313 Å². The first-order chi connectivity index (χ1) is 26.7. The first-order valence-corrected chi connectivity index (χ1v) is 18.1. The molecule has 0 saturated heterocycles. The lowest BCUT2D eigenvalue weighted by Crippen LogP contribution is -1.96. The molecular formula is C50H32N4. The zero-order valence-electron chi connectivity index (χ0n) is 29.3. The van der Waals surface area contributed by atoms with Crippen molar-refractivity contribution in [3.63, 3.8) is 0 Å². The molecule has 7 aromatic carbocycles. The number of hydrogen-bond donors (Lipinski definition) is 0. The molecule has 0 radical (unpaired) electrons. The number of nitrogens with zero attached hydrogens (tertiary/aromatic N) is 4. The quantitative estimate of drug-likeness (QED) is 0.163. The highest BCUT2D eigenvalue weighted by Gasteiger charge is 2.14. The summed E-state index contributed by atoms with van der Waals surface area (Å²) in [6.07, 6.45) is 1.84. The highest BCUT2D eigenvalue weighted by Crippen LogP contribution is 2.37. The van der Waals surface area contributed by atoms with Crippen LogP contribution in [-0.2, 0) is 0 Å². The summed E-state index contributed by atoms with van der Waals surface area (Å²) in [5.74, 6) is 0.701. The molecule has 0 saturated carbocycles. The van der Waals surface area contributed by atoms with Crippen LogP contribution in [0.4, 0.5) is 0 Å². The number of fused-ring (bicyclic) bond motifs is 4. The predicted octanol–water partition coefficient (Wildman–Crippen LogP) is 12.7. The van der Waals surface area contributed by atoms with Crippen molar-refractivity contribution in [3.05, 3.63) is 194 Å². The van der Waals surface area contributed by atoms with E-state index in [-0.39, 0.29) is 0 Å². The molecule has 0 fully saturated rings. The zero-order valence-corrected chi connectivity index (χ0v) is 29.3. The highest BCUT2D eigenvalue weighted by molar-refractivity contribution is 6.07. The maximum Gasteiger partial charge on any atom is 0.160 e. The van der Waals surface area contributed by atoms with E-state index in [1.54, 1.807) is 0 Å². The summed E-state index contributed by atoms with van der Waals surface area (Å²) in [7, 11) is 0. The van der Waals surface area contributed by atoms with E-state index < -0.39 is 0 Å². The van der Waals surface area contributed by atoms with Crippen molar-refractivity contribution in [1.82, 2.24) is 19.9 Å². The van der Waals surface area contributed by atoms with E-state index in [2.05, 4.69) is 163 Å². The molecule has 3 heterocycles. The summed E-state index contributed by atoms with van der Waals surface area (Å²) < 4.78 is 0. The van der Waals surface area contributed by atoms with Crippen LogP contribution in [0.15, 0.2) is 194 Å². The number of benzene rings is 7. The molecule has 4 nitrogen and oxygen atoms in total. The third-order valence-corrected chi connectivity index (χ3v) is 10.2. The van der Waals surface area contributed by atoms with Gasteiger partial charge in [-0.3, -0.25) is 4.98 Å². The first kappa shape index (κ1) is 31.4. The fourth-order valence-electron chi connectivity index (χ4n) is 7.39. The second-order valence-electron chi connectivity index (χ2n) is 13.5. The van der Waals surface area contributed by atoms with Gasteiger partial charge < -0.3 is 0 Å². The Morgan fingerprint density at radius 3 is 1.50 bits per heavy atom. The molecule has 4 heteroatoms. The maximum absolute atomic E-state index is 5.17. The summed E-state index contributed by atoms with van der Waals surface area (Å²) in [5.41, 5.74) is 13.4. The lowest BCUT2D eigenvalue weighted by Gasteiger charge is -2.13. The number of hydrogen-bond acceptors (Lipinski definition) is 4. The fourth-order valence-corrected chi connectivity index (χ4v) is 7.39. The summed E-state index contributed by atoms with van der Waals surface area (Å²) in [4.78, 5) is 20.0. The van der Waals surface area contributed by atoms with E-state index in [0.29, 0.717) is 5.82 Å². The minimum Gasteiger partial charge on any atom is -0.254 e. The smallest absolute Gasteiger partial charge is 0.160 e. The standard InChI is InChI=1S/C50H32N4/c1-3-10-33(11-4-1)34-17-21-36(22-18-34)46-32-47(54-50(53-46)40-12-5-2-6-13-40)37-23-19-35(20-24-37)41-28-29-44(43-16-8-7-15-42(41)43)45-30-27-39-26-25-38-14-9-31-51-48(38)49(39)52-45/h1-32H. The molecule has 0 amide bonds. The van der Waals surface area contributed by atoms with Gasteiger partial charge in [-0.15, -0.1) is 0 Å². The van der Waals surface area contributed by atoms with E-state index >= 15 is 0 Å². The zero-order chi connectivity index (χ0) is 35.8. The molecule has 0 unspecified atom stereocenters. The predicted molar refractivity (Wildman–Crippen MR) is 223 cm³/mol. The monoisotopic (exact) mass is 688 g/mol. The topological polar surface area (TPSA) is 51.6 Å². The first-order valence-electron chi connectivity index (χ1n) is 18.1. The van der Waals surface area contributed by atoms with Gasteiger partial charge in [0.2, 0.25) is 0 Å². The van der Waals surface area contributed by atoms with Crippen LogP contribution in [-0.4, -0.2) is 19.9 Å². The van der Waals surface area contributed by atoms with E-state index in [1.807, 2.05) is 36.5 Å². The highest BCUT2D eigenvalue weighted by atomic mass is 14.9. The molecule has 10 aromatic rings. The second-order valence-corrected chi connectivity index (χ2v) is 13.5. The minimum absolute atomic E-state index is 0.701. The Bertz CT molecular complexity index is 2960. The lowest BCUT2D eigenvalue weighted by molar-refractivity contribution is 1.18. The van der Waals surface area contributed by atoms with Crippen LogP contribution in [0.2, 0.25) is 0 Å². The van der Waals surface area contributed by atoms with Crippen LogP contribution < -0.4 is 0 Å². The SMILES string of the molecule is c1ccc(-c2ccc(-c3cc(-c4ccc(-c5ccc(-c6ccc7ccc8cccnc8c7n6)c6ccccc56)cc4)nc(-c4ccccc4)n3)cc2)cc1. The van der Waals surface area contributed by atoms with Crippen LogP contribution in [0.5, 0.6) is 0 Å².